The molecule has 1 unspecified atom stereocenters. The first-order chi connectivity index (χ1) is 14.6. The summed E-state index contributed by atoms with van der Waals surface area (Å²) in [5.41, 5.74) is 0. The molecule has 1 atom stereocenters. The molecule has 0 spiro atoms. The molecule has 2 fully saturated rings. The van der Waals surface area contributed by atoms with Crippen LogP contribution < -0.4 is 10.6 Å². The first-order valence-electron chi connectivity index (χ1n) is 11.2. The second-order valence-corrected chi connectivity index (χ2v) is 8.29. The normalized spacial score (nSPS) is 20.8. The fourth-order valence-electron chi connectivity index (χ4n) is 4.25. The first-order valence-corrected chi connectivity index (χ1v) is 11.2. The molecule has 2 amide bonds. The molecule has 0 saturated carbocycles. The van der Waals surface area contributed by atoms with Gasteiger partial charge >= 0.3 is 0 Å². The van der Waals surface area contributed by atoms with Gasteiger partial charge in [0.2, 0.25) is 11.8 Å². The third kappa shape index (κ3) is 8.47. The summed E-state index contributed by atoms with van der Waals surface area (Å²) in [4.78, 5) is 31.9. The molecule has 174 valence electrons. The summed E-state index contributed by atoms with van der Waals surface area (Å²) >= 11 is 0. The molecule has 2 aliphatic rings. The first kappa shape index (κ1) is 25.0. The van der Waals surface area contributed by atoms with E-state index < -0.39 is 0 Å². The summed E-state index contributed by atoms with van der Waals surface area (Å²) in [6, 6.07) is -0.320. The Morgan fingerprint density at radius 3 is 2.03 bits per heavy atom. The van der Waals surface area contributed by atoms with Gasteiger partial charge in [0.25, 0.3) is 0 Å². The molecule has 0 radical (unpaired) electrons. The maximum Gasteiger partial charge on any atom is 0.238 e. The molecule has 0 aromatic rings. The van der Waals surface area contributed by atoms with Crippen LogP contribution in [0.25, 0.3) is 0 Å². The van der Waals surface area contributed by atoms with Gasteiger partial charge in [-0.1, -0.05) is 0 Å². The Kier molecular flexibility index (Phi) is 11.6. The lowest BCUT2D eigenvalue weighted by Gasteiger charge is -2.38. The Morgan fingerprint density at radius 1 is 0.933 bits per heavy atom. The minimum Gasteiger partial charge on any atom is -0.383 e. The molecule has 0 aliphatic carbocycles. The van der Waals surface area contributed by atoms with E-state index in [2.05, 4.69) is 25.3 Å². The molecule has 0 aromatic heterocycles. The predicted molar refractivity (Wildman–Crippen MR) is 116 cm³/mol. The van der Waals surface area contributed by atoms with Crippen molar-refractivity contribution in [1.82, 2.24) is 25.3 Å². The number of ether oxygens (including phenoxy) is 2. The van der Waals surface area contributed by atoms with Gasteiger partial charge < -0.3 is 25.0 Å². The van der Waals surface area contributed by atoms with Crippen LogP contribution in [0.5, 0.6) is 0 Å². The van der Waals surface area contributed by atoms with E-state index in [9.17, 15) is 9.59 Å². The van der Waals surface area contributed by atoms with Gasteiger partial charge in [0.05, 0.1) is 13.2 Å². The molecular weight excluding hydrogens is 386 g/mol. The van der Waals surface area contributed by atoms with Crippen molar-refractivity contribution in [3.63, 3.8) is 0 Å². The zero-order valence-electron chi connectivity index (χ0n) is 19.0. The van der Waals surface area contributed by atoms with E-state index in [0.29, 0.717) is 18.9 Å². The van der Waals surface area contributed by atoms with E-state index in [-0.39, 0.29) is 17.9 Å². The summed E-state index contributed by atoms with van der Waals surface area (Å²) in [5, 5.41) is 5.78. The van der Waals surface area contributed by atoms with Gasteiger partial charge in [-0.3, -0.25) is 19.4 Å². The standard InChI is InChI=1S/C21H41N5O4/c1-22-21(28)19(26-10-8-25(9-11-26)13-15-30-3)17-23-20(27)16-18-4-6-24(7-5-18)12-14-29-2/h18-19H,4-17H2,1-3H3,(H,22,28)(H,23,27). The number of likely N-dealkylation sites (N-methyl/N-ethyl adjacent to an activating group) is 1. The Hall–Kier alpha value is -1.26. The monoisotopic (exact) mass is 427 g/mol. The molecule has 9 heteroatoms. The molecule has 9 nitrogen and oxygen atoms in total. The highest BCUT2D eigenvalue weighted by Crippen LogP contribution is 2.20. The quantitative estimate of drug-likeness (QED) is 0.423. The number of likely N-dealkylation sites (tertiary alicyclic amines) is 1. The van der Waals surface area contributed by atoms with Crippen LogP contribution in [0.4, 0.5) is 0 Å². The number of hydrogen-bond donors (Lipinski definition) is 2. The molecule has 2 N–H and O–H groups in total. The number of nitrogens with one attached hydrogen (secondary N) is 2. The summed E-state index contributed by atoms with van der Waals surface area (Å²) < 4.78 is 10.3. The molecule has 2 saturated heterocycles. The van der Waals surface area contributed by atoms with Gasteiger partial charge in [0.15, 0.2) is 0 Å². The third-order valence-electron chi connectivity index (χ3n) is 6.29. The van der Waals surface area contributed by atoms with Crippen molar-refractivity contribution < 1.29 is 19.1 Å². The number of piperazine rings is 1. The Labute approximate surface area is 181 Å². The van der Waals surface area contributed by atoms with Gasteiger partial charge in [-0.2, -0.15) is 0 Å². The maximum atomic E-state index is 12.5. The third-order valence-corrected chi connectivity index (χ3v) is 6.29. The van der Waals surface area contributed by atoms with Gasteiger partial charge in [-0.05, 0) is 31.8 Å². The van der Waals surface area contributed by atoms with Crippen LogP contribution in [0.15, 0.2) is 0 Å². The van der Waals surface area contributed by atoms with Crippen LogP contribution in [0.1, 0.15) is 19.3 Å². The maximum absolute atomic E-state index is 12.5. The van der Waals surface area contributed by atoms with Crippen LogP contribution in [0, 0.1) is 5.92 Å². The van der Waals surface area contributed by atoms with E-state index >= 15 is 0 Å². The number of carbonyl (C=O) groups excluding carboxylic acids is 2. The van der Waals surface area contributed by atoms with E-state index in [4.69, 9.17) is 9.47 Å². The lowest BCUT2D eigenvalue weighted by Crippen LogP contribution is -2.58. The number of hydrogen-bond acceptors (Lipinski definition) is 7. The molecule has 2 heterocycles. The summed E-state index contributed by atoms with van der Waals surface area (Å²) in [6.45, 7) is 9.22. The van der Waals surface area contributed by atoms with Crippen molar-refractivity contribution in [2.75, 3.05) is 93.4 Å². The number of piperidine rings is 1. The number of nitrogens with zero attached hydrogens (tertiary/aromatic N) is 3. The van der Waals surface area contributed by atoms with Gasteiger partial charge in [0.1, 0.15) is 6.04 Å². The van der Waals surface area contributed by atoms with E-state index in [0.717, 1.165) is 78.4 Å². The van der Waals surface area contributed by atoms with E-state index in [1.807, 2.05) is 0 Å². The predicted octanol–water partition coefficient (Wildman–Crippen LogP) is -0.770. The highest BCUT2D eigenvalue weighted by Gasteiger charge is 2.29. The van der Waals surface area contributed by atoms with Crippen molar-refractivity contribution in [3.8, 4) is 0 Å². The Balaban J connectivity index is 1.73. The van der Waals surface area contributed by atoms with E-state index in [1.54, 1.807) is 21.3 Å². The van der Waals surface area contributed by atoms with Crippen molar-refractivity contribution in [3.05, 3.63) is 0 Å². The number of amides is 2. The Morgan fingerprint density at radius 2 is 1.50 bits per heavy atom. The van der Waals surface area contributed by atoms with Gasteiger partial charge in [-0.25, -0.2) is 0 Å². The highest BCUT2D eigenvalue weighted by molar-refractivity contribution is 5.83. The van der Waals surface area contributed by atoms with Gasteiger partial charge in [-0.15, -0.1) is 0 Å². The zero-order valence-corrected chi connectivity index (χ0v) is 19.0. The molecule has 2 rings (SSSR count). The molecule has 2 aliphatic heterocycles. The number of carbonyl (C=O) groups is 2. The average Bonchev–Trinajstić information content (AvgIpc) is 2.77. The zero-order chi connectivity index (χ0) is 21.8. The van der Waals surface area contributed by atoms with Crippen LogP contribution in [-0.2, 0) is 19.1 Å². The minimum atomic E-state index is -0.320. The molecule has 0 aromatic carbocycles. The average molecular weight is 428 g/mol. The highest BCUT2D eigenvalue weighted by atomic mass is 16.5. The fraction of sp³-hybridized carbons (Fsp3) is 0.905. The summed E-state index contributed by atoms with van der Waals surface area (Å²) in [5.74, 6) is 0.441. The summed E-state index contributed by atoms with van der Waals surface area (Å²) in [6.07, 6.45) is 2.63. The smallest absolute Gasteiger partial charge is 0.238 e. The van der Waals surface area contributed by atoms with Gasteiger partial charge in [0, 0.05) is 73.5 Å². The Bertz CT molecular complexity index is 506. The molecular formula is C21H41N5O4. The van der Waals surface area contributed by atoms with Crippen LogP contribution in [0.2, 0.25) is 0 Å². The topological polar surface area (TPSA) is 86.4 Å². The summed E-state index contributed by atoms with van der Waals surface area (Å²) in [7, 11) is 5.10. The lowest BCUT2D eigenvalue weighted by molar-refractivity contribution is -0.127. The van der Waals surface area contributed by atoms with Crippen LogP contribution >= 0.6 is 0 Å². The lowest BCUT2D eigenvalue weighted by atomic mass is 9.93. The van der Waals surface area contributed by atoms with Crippen molar-refractivity contribution in [1.29, 1.82) is 0 Å². The number of methoxy groups -OCH3 is 2. The van der Waals surface area contributed by atoms with Crippen LogP contribution in [-0.4, -0.2) is 126 Å². The van der Waals surface area contributed by atoms with Crippen molar-refractivity contribution >= 4 is 11.8 Å². The SMILES string of the molecule is CNC(=O)C(CNC(=O)CC1CCN(CCOC)CC1)N1CCN(CCOC)CC1. The molecule has 30 heavy (non-hydrogen) atoms. The van der Waals surface area contributed by atoms with E-state index in [1.165, 1.54) is 0 Å². The van der Waals surface area contributed by atoms with Crippen molar-refractivity contribution in [2.24, 2.45) is 5.92 Å². The second kappa shape index (κ2) is 13.9. The molecule has 0 bridgehead atoms. The largest absolute Gasteiger partial charge is 0.383 e. The minimum absolute atomic E-state index is 0.0351. The van der Waals surface area contributed by atoms with Crippen molar-refractivity contribution in [2.45, 2.75) is 25.3 Å². The fourth-order valence-corrected chi connectivity index (χ4v) is 4.25. The second-order valence-electron chi connectivity index (χ2n) is 8.29. The number of rotatable bonds is 12. The van der Waals surface area contributed by atoms with Crippen LogP contribution in [0.3, 0.4) is 0 Å².